The Labute approximate surface area is 136 Å². The summed E-state index contributed by atoms with van der Waals surface area (Å²) in [4.78, 5) is 4.54. The van der Waals surface area contributed by atoms with Crippen LogP contribution in [0.2, 0.25) is 5.02 Å². The van der Waals surface area contributed by atoms with E-state index < -0.39 is 0 Å². The van der Waals surface area contributed by atoms with Crippen LogP contribution in [0.3, 0.4) is 0 Å². The van der Waals surface area contributed by atoms with Gasteiger partial charge in [0.05, 0.1) is 15.2 Å². The third kappa shape index (κ3) is 2.94. The van der Waals surface area contributed by atoms with Crippen LogP contribution in [0.1, 0.15) is 0 Å². The van der Waals surface area contributed by atoms with E-state index in [1.165, 1.54) is 0 Å². The molecule has 0 amide bonds. The highest BCUT2D eigenvalue weighted by Crippen LogP contribution is 2.32. The van der Waals surface area contributed by atoms with Crippen molar-refractivity contribution >= 4 is 75.8 Å². The molecule has 0 fully saturated rings. The molecule has 0 saturated heterocycles. The van der Waals surface area contributed by atoms with Gasteiger partial charge in [-0.3, -0.25) is 0 Å². The first-order valence-electron chi connectivity index (χ1n) is 5.40. The predicted molar refractivity (Wildman–Crippen MR) is 89.8 cm³/mol. The van der Waals surface area contributed by atoms with Gasteiger partial charge in [0, 0.05) is 14.6 Å². The first kappa shape index (κ1) is 13.4. The molecule has 0 saturated carbocycles. The second kappa shape index (κ2) is 5.40. The summed E-state index contributed by atoms with van der Waals surface area (Å²) in [6, 6.07) is 11.8. The Kier molecular flexibility index (Phi) is 3.80. The number of benzene rings is 2. The van der Waals surface area contributed by atoms with Crippen LogP contribution in [-0.2, 0) is 0 Å². The molecular weight excluding hydrogens is 411 g/mol. The standard InChI is InChI=1S/C13H7Br2ClN2S/c14-7-1-4-12-11(5-7)18-13(19-12)17-8-2-3-9(15)10(16)6-8/h1-6H,(H,17,18). The fourth-order valence-electron chi connectivity index (χ4n) is 1.65. The minimum Gasteiger partial charge on any atom is -0.331 e. The number of halogens is 3. The number of nitrogens with one attached hydrogen (secondary N) is 1. The van der Waals surface area contributed by atoms with Crippen LogP contribution in [-0.4, -0.2) is 4.98 Å². The van der Waals surface area contributed by atoms with E-state index in [9.17, 15) is 0 Å². The van der Waals surface area contributed by atoms with Gasteiger partial charge in [0.1, 0.15) is 0 Å². The van der Waals surface area contributed by atoms with Crippen LogP contribution in [0.5, 0.6) is 0 Å². The van der Waals surface area contributed by atoms with Crippen molar-refractivity contribution in [2.24, 2.45) is 0 Å². The van der Waals surface area contributed by atoms with Gasteiger partial charge in [0.2, 0.25) is 0 Å². The number of rotatable bonds is 2. The number of fused-ring (bicyclic) bond motifs is 1. The summed E-state index contributed by atoms with van der Waals surface area (Å²) in [6.07, 6.45) is 0. The molecule has 2 aromatic carbocycles. The molecule has 3 rings (SSSR count). The number of hydrogen-bond acceptors (Lipinski definition) is 3. The smallest absolute Gasteiger partial charge is 0.188 e. The second-order valence-electron chi connectivity index (χ2n) is 3.88. The van der Waals surface area contributed by atoms with Gasteiger partial charge in [-0.1, -0.05) is 38.9 Å². The van der Waals surface area contributed by atoms with E-state index in [0.717, 1.165) is 30.0 Å². The summed E-state index contributed by atoms with van der Waals surface area (Å²) in [5, 5.41) is 4.80. The Hall–Kier alpha value is -0.620. The molecule has 6 heteroatoms. The molecule has 0 aliphatic heterocycles. The van der Waals surface area contributed by atoms with E-state index in [4.69, 9.17) is 11.6 Å². The molecule has 0 aliphatic carbocycles. The average molecular weight is 419 g/mol. The number of hydrogen-bond donors (Lipinski definition) is 1. The van der Waals surface area contributed by atoms with Gasteiger partial charge < -0.3 is 5.32 Å². The zero-order valence-electron chi connectivity index (χ0n) is 9.45. The molecule has 0 bridgehead atoms. The Balaban J connectivity index is 1.94. The lowest BCUT2D eigenvalue weighted by atomic mass is 10.3. The van der Waals surface area contributed by atoms with Crippen LogP contribution < -0.4 is 5.32 Å². The monoisotopic (exact) mass is 416 g/mol. The van der Waals surface area contributed by atoms with Crippen LogP contribution in [0.4, 0.5) is 10.8 Å². The van der Waals surface area contributed by atoms with Crippen molar-refractivity contribution in [1.82, 2.24) is 4.98 Å². The number of nitrogens with zero attached hydrogens (tertiary/aromatic N) is 1. The maximum absolute atomic E-state index is 6.07. The SMILES string of the molecule is Clc1cc(Nc2nc3cc(Br)ccc3s2)ccc1Br. The first-order chi connectivity index (χ1) is 9.11. The minimum absolute atomic E-state index is 0.675. The van der Waals surface area contributed by atoms with E-state index >= 15 is 0 Å². The first-order valence-corrected chi connectivity index (χ1v) is 8.18. The van der Waals surface area contributed by atoms with E-state index in [-0.39, 0.29) is 0 Å². The summed E-state index contributed by atoms with van der Waals surface area (Å²) >= 11 is 14.5. The predicted octanol–water partition coefficient (Wildman–Crippen LogP) is 6.22. The third-order valence-electron chi connectivity index (χ3n) is 2.52. The average Bonchev–Trinajstić information content (AvgIpc) is 2.75. The molecule has 19 heavy (non-hydrogen) atoms. The van der Waals surface area contributed by atoms with Crippen LogP contribution >= 0.6 is 54.8 Å². The highest BCUT2D eigenvalue weighted by atomic mass is 79.9. The number of anilines is 2. The van der Waals surface area contributed by atoms with Crippen molar-refractivity contribution in [3.05, 3.63) is 50.4 Å². The number of thiazole rings is 1. The Morgan fingerprint density at radius 3 is 2.74 bits per heavy atom. The van der Waals surface area contributed by atoms with Gasteiger partial charge in [0.25, 0.3) is 0 Å². The van der Waals surface area contributed by atoms with E-state index in [1.54, 1.807) is 11.3 Å². The molecule has 0 radical (unpaired) electrons. The maximum atomic E-state index is 6.07. The fraction of sp³-hybridized carbons (Fsp3) is 0. The van der Waals surface area contributed by atoms with Crippen molar-refractivity contribution in [3.63, 3.8) is 0 Å². The molecule has 1 aromatic heterocycles. The summed E-state index contributed by atoms with van der Waals surface area (Å²) < 4.78 is 3.06. The molecule has 3 aromatic rings. The second-order valence-corrected chi connectivity index (χ2v) is 7.09. The van der Waals surface area contributed by atoms with Crippen LogP contribution in [0.25, 0.3) is 10.2 Å². The van der Waals surface area contributed by atoms with E-state index in [1.807, 2.05) is 30.3 Å². The lowest BCUT2D eigenvalue weighted by Gasteiger charge is -2.03. The van der Waals surface area contributed by atoms with Crippen molar-refractivity contribution in [3.8, 4) is 0 Å². The van der Waals surface area contributed by atoms with E-state index in [0.29, 0.717) is 5.02 Å². The van der Waals surface area contributed by atoms with Gasteiger partial charge >= 0.3 is 0 Å². The lowest BCUT2D eigenvalue weighted by molar-refractivity contribution is 1.44. The summed E-state index contributed by atoms with van der Waals surface area (Å²) in [7, 11) is 0. The molecule has 0 spiro atoms. The van der Waals surface area contributed by atoms with Gasteiger partial charge in [0.15, 0.2) is 5.13 Å². The fourth-order valence-corrected chi connectivity index (χ4v) is 3.29. The van der Waals surface area contributed by atoms with Crippen molar-refractivity contribution in [2.75, 3.05) is 5.32 Å². The Morgan fingerprint density at radius 1 is 1.11 bits per heavy atom. The van der Waals surface area contributed by atoms with Crippen LogP contribution in [0.15, 0.2) is 45.3 Å². The highest BCUT2D eigenvalue weighted by molar-refractivity contribution is 9.10. The van der Waals surface area contributed by atoms with Gasteiger partial charge in [-0.2, -0.15) is 0 Å². The van der Waals surface area contributed by atoms with E-state index in [2.05, 4.69) is 48.2 Å². The number of aromatic nitrogens is 1. The third-order valence-corrected chi connectivity index (χ3v) is 5.20. The van der Waals surface area contributed by atoms with Gasteiger partial charge in [-0.25, -0.2) is 4.98 Å². The lowest BCUT2D eigenvalue weighted by Crippen LogP contribution is -1.88. The van der Waals surface area contributed by atoms with Crippen molar-refractivity contribution in [1.29, 1.82) is 0 Å². The summed E-state index contributed by atoms with van der Waals surface area (Å²) in [5.74, 6) is 0. The van der Waals surface area contributed by atoms with Crippen LogP contribution in [0, 0.1) is 0 Å². The van der Waals surface area contributed by atoms with Crippen molar-refractivity contribution < 1.29 is 0 Å². The summed E-state index contributed by atoms with van der Waals surface area (Å²) in [6.45, 7) is 0. The molecule has 2 nitrogen and oxygen atoms in total. The summed E-state index contributed by atoms with van der Waals surface area (Å²) in [5.41, 5.74) is 1.90. The highest BCUT2D eigenvalue weighted by Gasteiger charge is 2.05. The zero-order valence-corrected chi connectivity index (χ0v) is 14.2. The maximum Gasteiger partial charge on any atom is 0.188 e. The molecule has 1 N–H and O–H groups in total. The molecule has 96 valence electrons. The topological polar surface area (TPSA) is 24.9 Å². The Morgan fingerprint density at radius 2 is 1.95 bits per heavy atom. The largest absolute Gasteiger partial charge is 0.331 e. The molecule has 0 unspecified atom stereocenters. The quantitative estimate of drug-likeness (QED) is 0.534. The normalized spacial score (nSPS) is 10.9. The minimum atomic E-state index is 0.675. The van der Waals surface area contributed by atoms with Crippen molar-refractivity contribution in [2.45, 2.75) is 0 Å². The Bertz CT molecular complexity index is 757. The molecule has 1 heterocycles. The van der Waals surface area contributed by atoms with Gasteiger partial charge in [-0.05, 0) is 52.3 Å². The molecule has 0 aliphatic rings. The zero-order chi connectivity index (χ0) is 13.4. The molecule has 0 atom stereocenters. The van der Waals surface area contributed by atoms with Gasteiger partial charge in [-0.15, -0.1) is 0 Å². The molecular formula is C13H7Br2ClN2S.